The van der Waals surface area contributed by atoms with E-state index < -0.39 is 0 Å². The van der Waals surface area contributed by atoms with Gasteiger partial charge in [0.15, 0.2) is 11.5 Å². The first kappa shape index (κ1) is 13.0. The minimum Gasteiger partial charge on any atom is -0.493 e. The molecular weight excluding hydrogens is 248 g/mol. The summed E-state index contributed by atoms with van der Waals surface area (Å²) in [6, 6.07) is 14.9. The molecule has 0 N–H and O–H groups in total. The Labute approximate surface area is 120 Å². The van der Waals surface area contributed by atoms with Crippen molar-refractivity contribution in [1.29, 1.82) is 0 Å². The molecule has 1 radical (unpaired) electrons. The maximum absolute atomic E-state index is 5.40. The van der Waals surface area contributed by atoms with E-state index in [4.69, 9.17) is 9.47 Å². The van der Waals surface area contributed by atoms with Crippen molar-refractivity contribution < 1.29 is 9.47 Å². The SMILES string of the molecule is COc1ccc(C2[CH]Cc3ccccc3C2)cc1OC. The van der Waals surface area contributed by atoms with Crippen LogP contribution in [0.15, 0.2) is 42.5 Å². The minimum atomic E-state index is 0.449. The van der Waals surface area contributed by atoms with Gasteiger partial charge in [-0.05, 0) is 54.0 Å². The van der Waals surface area contributed by atoms with E-state index in [0.29, 0.717) is 5.92 Å². The number of ether oxygens (including phenoxy) is 2. The first-order valence-electron chi connectivity index (χ1n) is 6.94. The molecule has 0 bridgehead atoms. The fraction of sp³-hybridized carbons (Fsp3) is 0.278. The second-order valence-electron chi connectivity index (χ2n) is 5.13. The number of fused-ring (bicyclic) bond motifs is 1. The summed E-state index contributed by atoms with van der Waals surface area (Å²) >= 11 is 0. The second kappa shape index (κ2) is 5.58. The topological polar surface area (TPSA) is 18.5 Å². The molecule has 2 aromatic rings. The number of methoxy groups -OCH3 is 2. The van der Waals surface area contributed by atoms with Gasteiger partial charge in [0.05, 0.1) is 14.2 Å². The number of hydrogen-bond donors (Lipinski definition) is 0. The van der Waals surface area contributed by atoms with Gasteiger partial charge >= 0.3 is 0 Å². The van der Waals surface area contributed by atoms with Crippen LogP contribution in [-0.4, -0.2) is 14.2 Å². The van der Waals surface area contributed by atoms with Crippen LogP contribution in [0.1, 0.15) is 22.6 Å². The number of benzene rings is 2. The Kier molecular flexibility index (Phi) is 3.64. The predicted molar refractivity (Wildman–Crippen MR) is 80.4 cm³/mol. The summed E-state index contributed by atoms with van der Waals surface area (Å²) in [4.78, 5) is 0. The summed E-state index contributed by atoms with van der Waals surface area (Å²) in [5, 5.41) is 0. The third kappa shape index (κ3) is 2.38. The molecule has 1 aliphatic carbocycles. The van der Waals surface area contributed by atoms with Crippen molar-refractivity contribution in [2.45, 2.75) is 18.8 Å². The zero-order chi connectivity index (χ0) is 13.9. The normalized spacial score (nSPS) is 17.4. The third-order valence-corrected chi connectivity index (χ3v) is 4.02. The highest BCUT2D eigenvalue weighted by Gasteiger charge is 2.21. The molecule has 3 rings (SSSR count). The lowest BCUT2D eigenvalue weighted by atomic mass is 9.80. The Morgan fingerprint density at radius 2 is 1.65 bits per heavy atom. The van der Waals surface area contributed by atoms with Crippen LogP contribution >= 0.6 is 0 Å². The predicted octanol–water partition coefficient (Wildman–Crippen LogP) is 3.79. The van der Waals surface area contributed by atoms with Crippen LogP contribution < -0.4 is 9.47 Å². The van der Waals surface area contributed by atoms with Crippen molar-refractivity contribution in [1.82, 2.24) is 0 Å². The molecule has 0 fully saturated rings. The minimum absolute atomic E-state index is 0.449. The van der Waals surface area contributed by atoms with Crippen LogP contribution in [0.3, 0.4) is 0 Å². The molecule has 1 unspecified atom stereocenters. The Balaban J connectivity index is 1.88. The molecule has 2 nitrogen and oxygen atoms in total. The van der Waals surface area contributed by atoms with Crippen molar-refractivity contribution in [3.63, 3.8) is 0 Å². The van der Waals surface area contributed by atoms with E-state index >= 15 is 0 Å². The van der Waals surface area contributed by atoms with Gasteiger partial charge in [0.25, 0.3) is 0 Å². The number of hydrogen-bond acceptors (Lipinski definition) is 2. The van der Waals surface area contributed by atoms with Crippen LogP contribution in [0.25, 0.3) is 0 Å². The van der Waals surface area contributed by atoms with Crippen molar-refractivity contribution in [2.24, 2.45) is 0 Å². The molecule has 0 amide bonds. The quantitative estimate of drug-likeness (QED) is 0.842. The van der Waals surface area contributed by atoms with E-state index in [-0.39, 0.29) is 0 Å². The van der Waals surface area contributed by atoms with Gasteiger partial charge in [-0.3, -0.25) is 0 Å². The first-order valence-corrected chi connectivity index (χ1v) is 6.94. The smallest absolute Gasteiger partial charge is 0.160 e. The van der Waals surface area contributed by atoms with E-state index in [1.807, 2.05) is 6.07 Å². The summed E-state index contributed by atoms with van der Waals surface area (Å²) in [7, 11) is 3.35. The van der Waals surface area contributed by atoms with Crippen LogP contribution in [0.4, 0.5) is 0 Å². The zero-order valence-corrected chi connectivity index (χ0v) is 11.9. The van der Waals surface area contributed by atoms with Crippen molar-refractivity contribution in [2.75, 3.05) is 14.2 Å². The molecule has 0 heterocycles. The highest BCUT2D eigenvalue weighted by atomic mass is 16.5. The summed E-state index contributed by atoms with van der Waals surface area (Å²) in [6.45, 7) is 0. The van der Waals surface area contributed by atoms with Gasteiger partial charge in [-0.2, -0.15) is 0 Å². The Bertz CT molecular complexity index is 604. The second-order valence-corrected chi connectivity index (χ2v) is 5.13. The maximum Gasteiger partial charge on any atom is 0.160 e. The molecule has 103 valence electrons. The summed E-state index contributed by atoms with van der Waals surface area (Å²) < 4.78 is 10.7. The highest BCUT2D eigenvalue weighted by molar-refractivity contribution is 5.46. The summed E-state index contributed by atoms with van der Waals surface area (Å²) in [6.07, 6.45) is 4.49. The van der Waals surface area contributed by atoms with Crippen LogP contribution in [0.2, 0.25) is 0 Å². The average molecular weight is 267 g/mol. The molecule has 20 heavy (non-hydrogen) atoms. The lowest BCUT2D eigenvalue weighted by Crippen LogP contribution is -2.13. The fourth-order valence-electron chi connectivity index (χ4n) is 2.88. The molecule has 0 spiro atoms. The lowest BCUT2D eigenvalue weighted by molar-refractivity contribution is 0.354. The molecule has 0 saturated heterocycles. The van der Waals surface area contributed by atoms with Crippen molar-refractivity contribution >= 4 is 0 Å². The molecule has 0 aromatic heterocycles. The van der Waals surface area contributed by atoms with Gasteiger partial charge < -0.3 is 9.47 Å². The van der Waals surface area contributed by atoms with Gasteiger partial charge in [0.2, 0.25) is 0 Å². The standard InChI is InChI=1S/C18H19O2/c1-19-17-10-9-16(12-18(17)20-2)15-8-7-13-5-3-4-6-14(13)11-15/h3-6,8-10,12,15H,7,11H2,1-2H3. The van der Waals surface area contributed by atoms with E-state index in [9.17, 15) is 0 Å². The Morgan fingerprint density at radius 1 is 0.900 bits per heavy atom. The van der Waals surface area contributed by atoms with Gasteiger partial charge in [0, 0.05) is 0 Å². The van der Waals surface area contributed by atoms with Crippen molar-refractivity contribution in [3.05, 3.63) is 65.6 Å². The van der Waals surface area contributed by atoms with Gasteiger partial charge in [-0.1, -0.05) is 30.3 Å². The molecule has 1 aliphatic rings. The molecule has 0 saturated carbocycles. The van der Waals surface area contributed by atoms with Crippen LogP contribution in [-0.2, 0) is 12.8 Å². The molecule has 2 heteroatoms. The lowest BCUT2D eigenvalue weighted by Gasteiger charge is -2.25. The third-order valence-electron chi connectivity index (χ3n) is 4.02. The largest absolute Gasteiger partial charge is 0.493 e. The monoisotopic (exact) mass is 267 g/mol. The van der Waals surface area contributed by atoms with E-state index in [2.05, 4.69) is 42.8 Å². The van der Waals surface area contributed by atoms with Crippen molar-refractivity contribution in [3.8, 4) is 11.5 Å². The van der Waals surface area contributed by atoms with E-state index in [1.54, 1.807) is 14.2 Å². The summed E-state index contributed by atoms with van der Waals surface area (Å²) in [5.41, 5.74) is 4.19. The van der Waals surface area contributed by atoms with Gasteiger partial charge in [0.1, 0.15) is 0 Å². The average Bonchev–Trinajstić information content (AvgIpc) is 2.53. The zero-order valence-electron chi connectivity index (χ0n) is 11.9. The maximum atomic E-state index is 5.40. The van der Waals surface area contributed by atoms with Crippen LogP contribution in [0, 0.1) is 6.42 Å². The highest BCUT2D eigenvalue weighted by Crippen LogP contribution is 2.36. The molecular formula is C18H19O2. The van der Waals surface area contributed by atoms with E-state index in [1.165, 1.54) is 16.7 Å². The van der Waals surface area contributed by atoms with Gasteiger partial charge in [-0.15, -0.1) is 0 Å². The Hall–Kier alpha value is -1.96. The fourth-order valence-corrected chi connectivity index (χ4v) is 2.88. The molecule has 2 aromatic carbocycles. The Morgan fingerprint density at radius 3 is 2.40 bits per heavy atom. The molecule has 1 atom stereocenters. The van der Waals surface area contributed by atoms with Gasteiger partial charge in [-0.25, -0.2) is 0 Å². The number of rotatable bonds is 3. The molecule has 0 aliphatic heterocycles. The summed E-state index contributed by atoms with van der Waals surface area (Å²) in [5.74, 6) is 2.04. The first-order chi connectivity index (χ1) is 9.81. The van der Waals surface area contributed by atoms with E-state index in [0.717, 1.165) is 24.3 Å². The van der Waals surface area contributed by atoms with Crippen LogP contribution in [0.5, 0.6) is 11.5 Å².